The molecule has 0 aliphatic carbocycles. The van der Waals surface area contributed by atoms with E-state index in [1.807, 2.05) is 6.92 Å². The number of anilines is 1. The van der Waals surface area contributed by atoms with E-state index in [-0.39, 0.29) is 5.91 Å². The van der Waals surface area contributed by atoms with Crippen LogP contribution >= 0.6 is 0 Å². The van der Waals surface area contributed by atoms with Crippen LogP contribution in [0.4, 0.5) is 10.1 Å². The number of hydrogen-bond donors (Lipinski definition) is 1. The molecule has 0 bridgehead atoms. The zero-order valence-corrected chi connectivity index (χ0v) is 8.25. The lowest BCUT2D eigenvalue weighted by Crippen LogP contribution is -2.21. The number of amides is 1. The van der Waals surface area contributed by atoms with Crippen LogP contribution in [0.15, 0.2) is 18.3 Å². The van der Waals surface area contributed by atoms with Crippen molar-refractivity contribution in [1.29, 1.82) is 0 Å². The molecule has 14 heavy (non-hydrogen) atoms. The number of nitrogens with one attached hydrogen (secondary N) is 1. The van der Waals surface area contributed by atoms with E-state index >= 15 is 0 Å². The molecule has 1 rings (SSSR count). The highest BCUT2D eigenvalue weighted by atomic mass is 19.1. The lowest BCUT2D eigenvalue weighted by atomic mass is 10.2. The maximum Gasteiger partial charge on any atom is 0.229 e. The van der Waals surface area contributed by atoms with E-state index in [1.165, 1.54) is 6.92 Å². The normalized spacial score (nSPS) is 12.2. The second kappa shape index (κ2) is 4.69. The van der Waals surface area contributed by atoms with Gasteiger partial charge in [-0.1, -0.05) is 6.92 Å². The Balaban J connectivity index is 2.60. The van der Waals surface area contributed by atoms with E-state index < -0.39 is 12.6 Å². The molecule has 4 heteroatoms. The van der Waals surface area contributed by atoms with Gasteiger partial charge in [0.2, 0.25) is 5.91 Å². The molecule has 0 aromatic carbocycles. The van der Waals surface area contributed by atoms with E-state index in [0.29, 0.717) is 5.69 Å². The first-order valence-corrected chi connectivity index (χ1v) is 4.43. The minimum absolute atomic E-state index is 0.321. The summed E-state index contributed by atoms with van der Waals surface area (Å²) in [5, 5.41) is 2.58. The summed E-state index contributed by atoms with van der Waals surface area (Å²) in [5.41, 5.74) is 1.47. The van der Waals surface area contributed by atoms with Crippen LogP contribution in [0.1, 0.15) is 12.6 Å². The van der Waals surface area contributed by atoms with Gasteiger partial charge in [-0.3, -0.25) is 14.2 Å². The van der Waals surface area contributed by atoms with Crippen LogP contribution < -0.4 is 5.32 Å². The number of hydrogen-bond acceptors (Lipinski definition) is 2. The summed E-state index contributed by atoms with van der Waals surface area (Å²) in [4.78, 5) is 15.3. The lowest BCUT2D eigenvalue weighted by molar-refractivity contribution is -0.119. The second-order valence-corrected chi connectivity index (χ2v) is 3.23. The third-order valence-corrected chi connectivity index (χ3v) is 1.86. The minimum Gasteiger partial charge on any atom is -0.324 e. The third kappa shape index (κ3) is 2.80. The largest absolute Gasteiger partial charge is 0.324 e. The zero-order valence-electron chi connectivity index (χ0n) is 8.25. The number of aromatic nitrogens is 1. The Morgan fingerprint density at radius 2 is 2.36 bits per heavy atom. The van der Waals surface area contributed by atoms with Crippen LogP contribution in [0, 0.1) is 12.8 Å². The third-order valence-electron chi connectivity index (χ3n) is 1.86. The van der Waals surface area contributed by atoms with Crippen LogP contribution in [0.25, 0.3) is 0 Å². The van der Waals surface area contributed by atoms with Crippen LogP contribution in [-0.2, 0) is 4.79 Å². The van der Waals surface area contributed by atoms with E-state index in [4.69, 9.17) is 0 Å². The van der Waals surface area contributed by atoms with E-state index in [1.54, 1.807) is 18.3 Å². The zero-order chi connectivity index (χ0) is 10.6. The summed E-state index contributed by atoms with van der Waals surface area (Å²) < 4.78 is 12.1. The highest BCUT2D eigenvalue weighted by molar-refractivity contribution is 5.92. The summed E-state index contributed by atoms with van der Waals surface area (Å²) in [6.45, 7) is 2.75. The van der Waals surface area contributed by atoms with Crippen molar-refractivity contribution in [2.24, 2.45) is 5.92 Å². The van der Waals surface area contributed by atoms with Crippen molar-refractivity contribution >= 4 is 11.6 Å². The van der Waals surface area contributed by atoms with Crippen LogP contribution in [0.3, 0.4) is 0 Å². The molecule has 1 aromatic heterocycles. The Labute approximate surface area is 82.4 Å². The van der Waals surface area contributed by atoms with E-state index in [0.717, 1.165) is 5.69 Å². The Kier molecular flexibility index (Phi) is 3.56. The molecular weight excluding hydrogens is 183 g/mol. The molecular formula is C10H13FN2O. The van der Waals surface area contributed by atoms with Crippen molar-refractivity contribution in [3.8, 4) is 0 Å². The molecule has 3 nitrogen and oxygen atoms in total. The maximum absolute atomic E-state index is 12.1. The van der Waals surface area contributed by atoms with Gasteiger partial charge in [0.25, 0.3) is 0 Å². The second-order valence-electron chi connectivity index (χ2n) is 3.23. The first kappa shape index (κ1) is 10.6. The Morgan fingerprint density at radius 1 is 1.64 bits per heavy atom. The van der Waals surface area contributed by atoms with Crippen molar-refractivity contribution in [1.82, 2.24) is 4.98 Å². The summed E-state index contributed by atoms with van der Waals surface area (Å²) in [7, 11) is 0. The molecule has 1 N–H and O–H groups in total. The predicted molar refractivity (Wildman–Crippen MR) is 52.7 cm³/mol. The molecule has 1 heterocycles. The molecule has 0 aliphatic rings. The summed E-state index contributed by atoms with van der Waals surface area (Å²) in [6, 6.07) is 3.53. The summed E-state index contributed by atoms with van der Waals surface area (Å²) in [5.74, 6) is -0.936. The average Bonchev–Trinajstić information content (AvgIpc) is 2.20. The van der Waals surface area contributed by atoms with Crippen molar-refractivity contribution in [3.05, 3.63) is 24.0 Å². The van der Waals surface area contributed by atoms with Gasteiger partial charge in [0.1, 0.15) is 6.67 Å². The smallest absolute Gasteiger partial charge is 0.229 e. The van der Waals surface area contributed by atoms with Gasteiger partial charge in [0.15, 0.2) is 0 Å². The fourth-order valence-electron chi connectivity index (χ4n) is 0.877. The van der Waals surface area contributed by atoms with Gasteiger partial charge in [-0.25, -0.2) is 0 Å². The van der Waals surface area contributed by atoms with Gasteiger partial charge >= 0.3 is 0 Å². The summed E-state index contributed by atoms with van der Waals surface area (Å²) >= 11 is 0. The SMILES string of the molecule is Cc1ccc(NC(=O)C(C)CF)cn1. The summed E-state index contributed by atoms with van der Waals surface area (Å²) in [6.07, 6.45) is 1.55. The number of carbonyl (C=O) groups is 1. The topological polar surface area (TPSA) is 42.0 Å². The minimum atomic E-state index is -0.648. The number of nitrogens with zero attached hydrogens (tertiary/aromatic N) is 1. The van der Waals surface area contributed by atoms with E-state index in [9.17, 15) is 9.18 Å². The van der Waals surface area contributed by atoms with Crippen molar-refractivity contribution < 1.29 is 9.18 Å². The Bertz CT molecular complexity index is 310. The number of carbonyl (C=O) groups excluding carboxylic acids is 1. The fourth-order valence-corrected chi connectivity index (χ4v) is 0.877. The molecule has 0 radical (unpaired) electrons. The molecule has 76 valence electrons. The van der Waals surface area contributed by atoms with Crippen molar-refractivity contribution in [2.75, 3.05) is 12.0 Å². The standard InChI is InChI=1S/C10H13FN2O/c1-7(5-11)10(14)13-9-4-3-8(2)12-6-9/h3-4,6-7H,5H2,1-2H3,(H,13,14). The highest BCUT2D eigenvalue weighted by Gasteiger charge is 2.11. The van der Waals surface area contributed by atoms with Gasteiger partial charge in [0.05, 0.1) is 17.8 Å². The first-order valence-electron chi connectivity index (χ1n) is 4.43. The van der Waals surface area contributed by atoms with Gasteiger partial charge in [0, 0.05) is 5.69 Å². The molecule has 0 saturated carbocycles. The number of pyridine rings is 1. The molecule has 1 aromatic rings. The molecule has 0 fully saturated rings. The predicted octanol–water partition coefficient (Wildman–Crippen LogP) is 1.93. The number of alkyl halides is 1. The monoisotopic (exact) mass is 196 g/mol. The molecule has 1 amide bonds. The molecule has 0 saturated heterocycles. The van der Waals surface area contributed by atoms with E-state index in [2.05, 4.69) is 10.3 Å². The molecule has 0 spiro atoms. The van der Waals surface area contributed by atoms with Gasteiger partial charge in [-0.15, -0.1) is 0 Å². The van der Waals surface area contributed by atoms with Gasteiger partial charge in [-0.2, -0.15) is 0 Å². The highest BCUT2D eigenvalue weighted by Crippen LogP contribution is 2.07. The van der Waals surface area contributed by atoms with Crippen LogP contribution in [0.5, 0.6) is 0 Å². The molecule has 0 aliphatic heterocycles. The lowest BCUT2D eigenvalue weighted by Gasteiger charge is -2.08. The first-order chi connectivity index (χ1) is 6.63. The average molecular weight is 196 g/mol. The number of rotatable bonds is 3. The Hall–Kier alpha value is -1.45. The van der Waals surface area contributed by atoms with Gasteiger partial charge in [-0.05, 0) is 19.1 Å². The maximum atomic E-state index is 12.1. The quantitative estimate of drug-likeness (QED) is 0.802. The van der Waals surface area contributed by atoms with Crippen molar-refractivity contribution in [3.63, 3.8) is 0 Å². The number of halogens is 1. The fraction of sp³-hybridized carbons (Fsp3) is 0.400. The Morgan fingerprint density at radius 3 is 2.86 bits per heavy atom. The van der Waals surface area contributed by atoms with Gasteiger partial charge < -0.3 is 5.32 Å². The van der Waals surface area contributed by atoms with Crippen molar-refractivity contribution in [2.45, 2.75) is 13.8 Å². The van der Waals surface area contributed by atoms with Crippen LogP contribution in [0.2, 0.25) is 0 Å². The molecule has 1 unspecified atom stereocenters. The number of aryl methyl sites for hydroxylation is 1. The molecule has 1 atom stereocenters. The van der Waals surface area contributed by atoms with Crippen LogP contribution in [-0.4, -0.2) is 17.6 Å².